The van der Waals surface area contributed by atoms with Crippen molar-refractivity contribution in [1.29, 1.82) is 0 Å². The van der Waals surface area contributed by atoms with Gasteiger partial charge in [-0.1, -0.05) is 6.42 Å². The molecule has 1 atom stereocenters. The summed E-state index contributed by atoms with van der Waals surface area (Å²) in [5.74, 6) is 1.05. The Morgan fingerprint density at radius 2 is 1.61 bits per heavy atom. The van der Waals surface area contributed by atoms with Crippen molar-refractivity contribution in [2.24, 2.45) is 0 Å². The van der Waals surface area contributed by atoms with E-state index in [1.54, 1.807) is 49.0 Å². The third-order valence-electron chi connectivity index (χ3n) is 4.59. The van der Waals surface area contributed by atoms with Crippen molar-refractivity contribution in [2.75, 3.05) is 13.7 Å². The van der Waals surface area contributed by atoms with Crippen LogP contribution in [-0.4, -0.2) is 43.5 Å². The Balaban J connectivity index is 1.78. The third kappa shape index (κ3) is 4.27. The van der Waals surface area contributed by atoms with E-state index in [2.05, 4.69) is 0 Å². The standard InChI is InChI=1S/C19H22N2O6S/c1-26-14-5-7-15(8-6-14)27-16-9-11-17(12-10-16)28(24,25)21-13-3-2-4-18(21)19(22)20-23/h5-12,18,23H,2-4,13H2,1H3,(H,20,22). The lowest BCUT2D eigenvalue weighted by molar-refractivity contribution is -0.134. The number of hydrogen-bond acceptors (Lipinski definition) is 6. The number of methoxy groups -OCH3 is 1. The second-order valence-electron chi connectivity index (χ2n) is 6.35. The summed E-state index contributed by atoms with van der Waals surface area (Å²) in [7, 11) is -2.30. The molecule has 1 saturated heterocycles. The van der Waals surface area contributed by atoms with Gasteiger partial charge >= 0.3 is 0 Å². The fraction of sp³-hybridized carbons (Fsp3) is 0.316. The van der Waals surface area contributed by atoms with Crippen LogP contribution in [0.1, 0.15) is 19.3 Å². The second kappa shape index (κ2) is 8.59. The molecule has 1 amide bonds. The maximum Gasteiger partial charge on any atom is 0.261 e. The molecule has 1 unspecified atom stereocenters. The lowest BCUT2D eigenvalue weighted by Gasteiger charge is -2.33. The predicted octanol–water partition coefficient (Wildman–Crippen LogP) is 2.54. The Labute approximate surface area is 163 Å². The molecule has 2 N–H and O–H groups in total. The van der Waals surface area contributed by atoms with Gasteiger partial charge in [-0.05, 0) is 61.4 Å². The first kappa shape index (κ1) is 20.1. The van der Waals surface area contributed by atoms with E-state index in [1.165, 1.54) is 12.1 Å². The zero-order valence-corrected chi connectivity index (χ0v) is 16.2. The van der Waals surface area contributed by atoms with Crippen LogP contribution in [0.4, 0.5) is 0 Å². The number of piperidine rings is 1. The van der Waals surface area contributed by atoms with E-state index in [0.29, 0.717) is 30.1 Å². The molecule has 0 radical (unpaired) electrons. The van der Waals surface area contributed by atoms with Gasteiger partial charge in [0.2, 0.25) is 10.0 Å². The van der Waals surface area contributed by atoms with Gasteiger partial charge in [0.15, 0.2) is 0 Å². The van der Waals surface area contributed by atoms with Gasteiger partial charge in [0, 0.05) is 6.54 Å². The van der Waals surface area contributed by atoms with E-state index in [1.807, 2.05) is 0 Å². The minimum Gasteiger partial charge on any atom is -0.497 e. The molecule has 150 valence electrons. The summed E-state index contributed by atoms with van der Waals surface area (Å²) < 4.78 is 37.9. The fourth-order valence-corrected chi connectivity index (χ4v) is 4.78. The SMILES string of the molecule is COc1ccc(Oc2ccc(S(=O)(=O)N3CCCCC3C(=O)NO)cc2)cc1. The van der Waals surface area contributed by atoms with E-state index >= 15 is 0 Å². The molecule has 0 aliphatic carbocycles. The van der Waals surface area contributed by atoms with Gasteiger partial charge in [0.1, 0.15) is 23.3 Å². The number of ether oxygens (including phenoxy) is 2. The van der Waals surface area contributed by atoms with E-state index in [4.69, 9.17) is 14.7 Å². The molecule has 2 aromatic rings. The number of nitrogens with zero attached hydrogens (tertiary/aromatic N) is 1. The lowest BCUT2D eigenvalue weighted by atomic mass is 10.0. The Kier molecular flexibility index (Phi) is 6.18. The van der Waals surface area contributed by atoms with E-state index < -0.39 is 22.0 Å². The average Bonchev–Trinajstić information content (AvgIpc) is 2.74. The third-order valence-corrected chi connectivity index (χ3v) is 6.51. The molecule has 3 rings (SSSR count). The van der Waals surface area contributed by atoms with Crippen LogP contribution >= 0.6 is 0 Å². The molecule has 0 spiro atoms. The summed E-state index contributed by atoms with van der Waals surface area (Å²) >= 11 is 0. The number of nitrogens with one attached hydrogen (secondary N) is 1. The van der Waals surface area contributed by atoms with E-state index in [0.717, 1.165) is 10.7 Å². The number of carbonyl (C=O) groups excluding carboxylic acids is 1. The first-order valence-electron chi connectivity index (χ1n) is 8.83. The summed E-state index contributed by atoms with van der Waals surface area (Å²) in [6.07, 6.45) is 1.75. The molecule has 0 saturated carbocycles. The van der Waals surface area contributed by atoms with Gasteiger partial charge in [-0.3, -0.25) is 10.0 Å². The summed E-state index contributed by atoms with van der Waals surface area (Å²) in [5.41, 5.74) is 1.56. The number of carbonyl (C=O) groups is 1. The number of benzene rings is 2. The first-order chi connectivity index (χ1) is 13.5. The maximum absolute atomic E-state index is 13.0. The van der Waals surface area contributed by atoms with Crippen LogP contribution in [0.25, 0.3) is 0 Å². The highest BCUT2D eigenvalue weighted by Crippen LogP contribution is 2.28. The van der Waals surface area contributed by atoms with Crippen LogP contribution in [0, 0.1) is 0 Å². The molecule has 1 fully saturated rings. The minimum atomic E-state index is -3.88. The highest BCUT2D eigenvalue weighted by molar-refractivity contribution is 7.89. The Bertz CT molecular complexity index is 912. The number of hydrogen-bond donors (Lipinski definition) is 2. The molecule has 8 nitrogen and oxygen atoms in total. The highest BCUT2D eigenvalue weighted by atomic mass is 32.2. The zero-order chi connectivity index (χ0) is 20.1. The lowest BCUT2D eigenvalue weighted by Crippen LogP contribution is -2.51. The van der Waals surface area contributed by atoms with Gasteiger partial charge in [0.05, 0.1) is 12.0 Å². The fourth-order valence-electron chi connectivity index (χ4n) is 3.12. The van der Waals surface area contributed by atoms with Crippen LogP contribution in [0.5, 0.6) is 17.2 Å². The quantitative estimate of drug-likeness (QED) is 0.564. The Morgan fingerprint density at radius 1 is 1.04 bits per heavy atom. The van der Waals surface area contributed by atoms with Gasteiger partial charge in [-0.15, -0.1) is 0 Å². The van der Waals surface area contributed by atoms with Crippen molar-refractivity contribution < 1.29 is 27.9 Å². The first-order valence-corrected chi connectivity index (χ1v) is 10.3. The molecule has 28 heavy (non-hydrogen) atoms. The normalized spacial score (nSPS) is 17.7. The molecule has 1 heterocycles. The largest absolute Gasteiger partial charge is 0.497 e. The van der Waals surface area contributed by atoms with Crippen molar-refractivity contribution >= 4 is 15.9 Å². The molecule has 2 aromatic carbocycles. The second-order valence-corrected chi connectivity index (χ2v) is 8.24. The Morgan fingerprint density at radius 3 is 2.18 bits per heavy atom. The van der Waals surface area contributed by atoms with E-state index in [9.17, 15) is 13.2 Å². The van der Waals surface area contributed by atoms with Gasteiger partial charge < -0.3 is 9.47 Å². The van der Waals surface area contributed by atoms with Crippen molar-refractivity contribution in [3.63, 3.8) is 0 Å². The van der Waals surface area contributed by atoms with Crippen LogP contribution in [0.2, 0.25) is 0 Å². The summed E-state index contributed by atoms with van der Waals surface area (Å²) in [5, 5.41) is 8.91. The van der Waals surface area contributed by atoms with Gasteiger partial charge in [-0.2, -0.15) is 4.31 Å². The molecule has 0 bridgehead atoms. The van der Waals surface area contributed by atoms with Crippen LogP contribution in [0.15, 0.2) is 53.4 Å². The predicted molar refractivity (Wildman–Crippen MR) is 101 cm³/mol. The number of hydroxylamine groups is 1. The van der Waals surface area contributed by atoms with Gasteiger partial charge in [0.25, 0.3) is 5.91 Å². The highest BCUT2D eigenvalue weighted by Gasteiger charge is 2.37. The van der Waals surface area contributed by atoms with Crippen molar-refractivity contribution in [2.45, 2.75) is 30.2 Å². The monoisotopic (exact) mass is 406 g/mol. The number of amides is 1. The zero-order valence-electron chi connectivity index (χ0n) is 15.4. The van der Waals surface area contributed by atoms with Gasteiger partial charge in [-0.25, -0.2) is 13.9 Å². The van der Waals surface area contributed by atoms with Crippen LogP contribution in [0.3, 0.4) is 0 Å². The molecule has 9 heteroatoms. The summed E-state index contributed by atoms with van der Waals surface area (Å²) in [4.78, 5) is 11.9. The smallest absolute Gasteiger partial charge is 0.261 e. The van der Waals surface area contributed by atoms with Crippen molar-refractivity contribution in [3.8, 4) is 17.2 Å². The number of sulfonamides is 1. The summed E-state index contributed by atoms with van der Waals surface area (Å²) in [6.45, 7) is 0.227. The van der Waals surface area contributed by atoms with Crippen LogP contribution < -0.4 is 15.0 Å². The molecule has 0 aromatic heterocycles. The summed E-state index contributed by atoms with van der Waals surface area (Å²) in [6, 6.07) is 12.1. The molecular weight excluding hydrogens is 384 g/mol. The topological polar surface area (TPSA) is 105 Å². The molecule has 1 aliphatic rings. The van der Waals surface area contributed by atoms with Crippen molar-refractivity contribution in [1.82, 2.24) is 9.79 Å². The number of rotatable bonds is 6. The molecular formula is C19H22N2O6S. The average molecular weight is 406 g/mol. The van der Waals surface area contributed by atoms with Crippen molar-refractivity contribution in [3.05, 3.63) is 48.5 Å². The maximum atomic E-state index is 13.0. The molecule has 1 aliphatic heterocycles. The van der Waals surface area contributed by atoms with Crippen LogP contribution in [-0.2, 0) is 14.8 Å². The minimum absolute atomic E-state index is 0.0622. The van der Waals surface area contributed by atoms with E-state index in [-0.39, 0.29) is 11.4 Å². The Hall–Kier alpha value is -2.62.